The molecule has 1 saturated carbocycles. The van der Waals surface area contributed by atoms with Crippen molar-refractivity contribution in [3.63, 3.8) is 0 Å². The van der Waals surface area contributed by atoms with E-state index in [4.69, 9.17) is 11.0 Å². The Balaban J connectivity index is 1.59. The van der Waals surface area contributed by atoms with Crippen LogP contribution >= 0.6 is 0 Å². The lowest BCUT2D eigenvalue weighted by Gasteiger charge is -2.23. The highest BCUT2D eigenvalue weighted by Gasteiger charge is 2.23. The number of primary amides is 1. The van der Waals surface area contributed by atoms with E-state index in [0.717, 1.165) is 18.5 Å². The molecule has 0 radical (unpaired) electrons. The summed E-state index contributed by atoms with van der Waals surface area (Å²) in [7, 11) is 0. The number of fused-ring (bicyclic) bond motifs is 1. The lowest BCUT2D eigenvalue weighted by molar-refractivity contribution is -0.119. The standard InChI is InChI=1S/C27H31N7O3/c1-2-33(25(36)15-18-6-3-4-7-18)21-10-11-23-22(16-21)31-26(34(23)13-12-24(29)35)32-27(37)30-20-9-5-8-19(14-20)17-28/h5,8-11,14,16,18H,2-4,6-7,12-13,15H2,1H3,(H2,29,35)(H2,30,31,32,37). The van der Waals surface area contributed by atoms with Crippen LogP contribution in [0.15, 0.2) is 42.5 Å². The monoisotopic (exact) mass is 501 g/mol. The number of nitrogens with one attached hydrogen (secondary N) is 2. The Morgan fingerprint density at radius 3 is 2.65 bits per heavy atom. The van der Waals surface area contributed by atoms with Crippen LogP contribution in [-0.4, -0.2) is 33.9 Å². The average molecular weight is 502 g/mol. The molecule has 10 nitrogen and oxygen atoms in total. The summed E-state index contributed by atoms with van der Waals surface area (Å²) in [5.41, 5.74) is 8.27. The Kier molecular flexibility index (Phi) is 8.03. The fourth-order valence-corrected chi connectivity index (χ4v) is 4.83. The first kappa shape index (κ1) is 25.7. The van der Waals surface area contributed by atoms with Crippen molar-refractivity contribution in [3.8, 4) is 6.07 Å². The maximum Gasteiger partial charge on any atom is 0.326 e. The number of nitrogens with two attached hydrogens (primary N) is 1. The number of urea groups is 1. The van der Waals surface area contributed by atoms with Crippen molar-refractivity contribution in [3.05, 3.63) is 48.0 Å². The van der Waals surface area contributed by atoms with Gasteiger partial charge in [0.15, 0.2) is 0 Å². The first-order valence-electron chi connectivity index (χ1n) is 12.5. The fraction of sp³-hybridized carbons (Fsp3) is 0.370. The first-order valence-corrected chi connectivity index (χ1v) is 12.5. The summed E-state index contributed by atoms with van der Waals surface area (Å²) in [4.78, 5) is 43.6. The molecule has 0 aliphatic heterocycles. The van der Waals surface area contributed by atoms with E-state index in [2.05, 4.69) is 15.6 Å². The summed E-state index contributed by atoms with van der Waals surface area (Å²) >= 11 is 0. The number of amides is 4. The summed E-state index contributed by atoms with van der Waals surface area (Å²) < 4.78 is 1.71. The molecule has 10 heteroatoms. The number of anilines is 3. The number of nitrogens with zero attached hydrogens (tertiary/aromatic N) is 4. The van der Waals surface area contributed by atoms with E-state index < -0.39 is 11.9 Å². The van der Waals surface area contributed by atoms with Gasteiger partial charge in [-0.05, 0) is 62.1 Å². The van der Waals surface area contributed by atoms with E-state index in [1.807, 2.05) is 31.2 Å². The van der Waals surface area contributed by atoms with Crippen molar-refractivity contribution in [1.29, 1.82) is 5.26 Å². The normalized spacial score (nSPS) is 13.3. The van der Waals surface area contributed by atoms with Crippen LogP contribution in [0.1, 0.15) is 51.0 Å². The molecule has 0 bridgehead atoms. The van der Waals surface area contributed by atoms with Crippen LogP contribution in [0.4, 0.5) is 22.1 Å². The zero-order valence-corrected chi connectivity index (χ0v) is 20.9. The zero-order chi connectivity index (χ0) is 26.4. The summed E-state index contributed by atoms with van der Waals surface area (Å²) in [6, 6.07) is 13.5. The van der Waals surface area contributed by atoms with Crippen LogP contribution in [0.5, 0.6) is 0 Å². The molecule has 0 unspecified atom stereocenters. The molecule has 4 amide bonds. The summed E-state index contributed by atoms with van der Waals surface area (Å²) in [6.45, 7) is 2.71. The SMILES string of the molecule is CCN(C(=O)CC1CCCC1)c1ccc2c(c1)nc(NC(=O)Nc1cccc(C#N)c1)n2CCC(N)=O. The number of benzene rings is 2. The number of rotatable bonds is 9. The highest BCUT2D eigenvalue weighted by atomic mass is 16.2. The predicted molar refractivity (Wildman–Crippen MR) is 142 cm³/mol. The van der Waals surface area contributed by atoms with Crippen molar-refractivity contribution >= 4 is 46.2 Å². The molecule has 2 aromatic carbocycles. The van der Waals surface area contributed by atoms with E-state index in [1.54, 1.807) is 33.7 Å². The minimum Gasteiger partial charge on any atom is -0.370 e. The number of aromatic nitrogens is 2. The van der Waals surface area contributed by atoms with Crippen molar-refractivity contribution in [2.24, 2.45) is 11.7 Å². The molecule has 1 heterocycles. The van der Waals surface area contributed by atoms with E-state index in [-0.39, 0.29) is 24.8 Å². The van der Waals surface area contributed by atoms with Crippen molar-refractivity contribution < 1.29 is 14.4 Å². The van der Waals surface area contributed by atoms with Gasteiger partial charge in [-0.15, -0.1) is 0 Å². The molecule has 4 N–H and O–H groups in total. The highest BCUT2D eigenvalue weighted by molar-refractivity contribution is 6.00. The number of carbonyl (C=O) groups excluding carboxylic acids is 3. The lowest BCUT2D eigenvalue weighted by atomic mass is 10.0. The van der Waals surface area contributed by atoms with Crippen molar-refractivity contribution in [2.45, 2.75) is 52.0 Å². The van der Waals surface area contributed by atoms with Crippen LogP contribution in [0.3, 0.4) is 0 Å². The second-order valence-electron chi connectivity index (χ2n) is 9.24. The smallest absolute Gasteiger partial charge is 0.326 e. The summed E-state index contributed by atoms with van der Waals surface area (Å²) in [5, 5.41) is 14.5. The van der Waals surface area contributed by atoms with Gasteiger partial charge in [0.25, 0.3) is 0 Å². The largest absolute Gasteiger partial charge is 0.370 e. The van der Waals surface area contributed by atoms with Gasteiger partial charge in [-0.3, -0.25) is 14.9 Å². The molecule has 192 valence electrons. The Morgan fingerprint density at radius 1 is 1.16 bits per heavy atom. The van der Waals surface area contributed by atoms with Gasteiger partial charge in [-0.2, -0.15) is 5.26 Å². The van der Waals surface area contributed by atoms with Gasteiger partial charge < -0.3 is 20.5 Å². The maximum atomic E-state index is 13.0. The Morgan fingerprint density at radius 2 is 1.95 bits per heavy atom. The Bertz CT molecular complexity index is 1350. The summed E-state index contributed by atoms with van der Waals surface area (Å²) in [5.74, 6) is 0.306. The predicted octanol–water partition coefficient (Wildman–Crippen LogP) is 4.36. The second-order valence-corrected chi connectivity index (χ2v) is 9.24. The molecule has 1 fully saturated rings. The van der Waals surface area contributed by atoms with Gasteiger partial charge in [-0.1, -0.05) is 18.9 Å². The van der Waals surface area contributed by atoms with E-state index in [1.165, 1.54) is 12.8 Å². The Hall–Kier alpha value is -4.39. The molecular weight excluding hydrogens is 470 g/mol. The van der Waals surface area contributed by atoms with E-state index >= 15 is 0 Å². The lowest BCUT2D eigenvalue weighted by Crippen LogP contribution is -2.31. The maximum absolute atomic E-state index is 13.0. The fourth-order valence-electron chi connectivity index (χ4n) is 4.83. The third kappa shape index (κ3) is 6.25. The van der Waals surface area contributed by atoms with E-state index in [0.29, 0.717) is 41.2 Å². The van der Waals surface area contributed by atoms with Gasteiger partial charge in [0, 0.05) is 37.3 Å². The van der Waals surface area contributed by atoms with Gasteiger partial charge in [-0.25, -0.2) is 9.78 Å². The second kappa shape index (κ2) is 11.6. The number of imidazole rings is 1. The van der Waals surface area contributed by atoms with Crippen LogP contribution in [0, 0.1) is 17.2 Å². The molecule has 3 aromatic rings. The molecular formula is C27H31N7O3. The number of carbonyl (C=O) groups is 3. The van der Waals surface area contributed by atoms with Gasteiger partial charge in [0.05, 0.1) is 22.7 Å². The van der Waals surface area contributed by atoms with Gasteiger partial charge in [0.1, 0.15) is 0 Å². The van der Waals surface area contributed by atoms with Crippen LogP contribution in [-0.2, 0) is 16.1 Å². The van der Waals surface area contributed by atoms with Crippen molar-refractivity contribution in [2.75, 3.05) is 22.1 Å². The molecule has 0 atom stereocenters. The number of hydrogen-bond acceptors (Lipinski definition) is 5. The summed E-state index contributed by atoms with van der Waals surface area (Å²) in [6.07, 6.45) is 5.18. The van der Waals surface area contributed by atoms with Crippen LogP contribution in [0.2, 0.25) is 0 Å². The molecule has 37 heavy (non-hydrogen) atoms. The van der Waals surface area contributed by atoms with Gasteiger partial charge in [0.2, 0.25) is 17.8 Å². The number of nitriles is 1. The van der Waals surface area contributed by atoms with Gasteiger partial charge >= 0.3 is 6.03 Å². The molecule has 0 saturated heterocycles. The third-order valence-corrected chi connectivity index (χ3v) is 6.66. The molecule has 1 aromatic heterocycles. The number of aryl methyl sites for hydroxylation is 1. The number of hydrogen-bond donors (Lipinski definition) is 3. The highest BCUT2D eigenvalue weighted by Crippen LogP contribution is 2.30. The van der Waals surface area contributed by atoms with Crippen LogP contribution < -0.4 is 21.3 Å². The molecule has 0 spiro atoms. The third-order valence-electron chi connectivity index (χ3n) is 6.66. The van der Waals surface area contributed by atoms with E-state index in [9.17, 15) is 14.4 Å². The average Bonchev–Trinajstić information content (AvgIpc) is 3.50. The zero-order valence-electron chi connectivity index (χ0n) is 20.9. The molecule has 1 aliphatic rings. The molecule has 4 rings (SSSR count). The quantitative estimate of drug-likeness (QED) is 0.399. The van der Waals surface area contributed by atoms with Crippen LogP contribution in [0.25, 0.3) is 11.0 Å². The molecule has 1 aliphatic carbocycles. The van der Waals surface area contributed by atoms with Crippen molar-refractivity contribution in [1.82, 2.24) is 9.55 Å². The minimum absolute atomic E-state index is 0.0642. The minimum atomic E-state index is -0.548. The topological polar surface area (TPSA) is 146 Å². The Labute approximate surface area is 215 Å². The first-order chi connectivity index (χ1) is 17.9.